The van der Waals surface area contributed by atoms with Crippen molar-refractivity contribution in [1.82, 2.24) is 4.31 Å². The van der Waals surface area contributed by atoms with Crippen molar-refractivity contribution in [2.75, 3.05) is 31.7 Å². The Bertz CT molecular complexity index is 1070. The average molecular weight is 471 g/mol. The molecule has 0 aliphatic carbocycles. The van der Waals surface area contributed by atoms with Gasteiger partial charge >= 0.3 is 6.18 Å². The molecule has 3 rings (SSSR count). The predicted octanol–water partition coefficient (Wildman–Crippen LogP) is 3.71. The minimum atomic E-state index is -4.85. The Morgan fingerprint density at radius 2 is 1.81 bits per heavy atom. The average Bonchev–Trinajstić information content (AvgIpc) is 3.08. The Morgan fingerprint density at radius 1 is 1.16 bits per heavy atom. The zero-order chi connectivity index (χ0) is 23.5. The molecule has 2 aromatic rings. The van der Waals surface area contributed by atoms with E-state index in [1.807, 2.05) is 19.1 Å². The summed E-state index contributed by atoms with van der Waals surface area (Å²) >= 11 is 0. The third-order valence-electron chi connectivity index (χ3n) is 5.35. The van der Waals surface area contributed by atoms with Gasteiger partial charge in [0.15, 0.2) is 0 Å². The first-order chi connectivity index (χ1) is 15.1. The van der Waals surface area contributed by atoms with Crippen LogP contribution in [0.4, 0.5) is 18.9 Å². The summed E-state index contributed by atoms with van der Waals surface area (Å²) in [6.45, 7) is 1.32. The van der Waals surface area contributed by atoms with E-state index in [0.717, 1.165) is 28.1 Å². The molecule has 0 saturated carbocycles. The highest BCUT2D eigenvalue weighted by Crippen LogP contribution is 2.36. The number of amides is 1. The van der Waals surface area contributed by atoms with Crippen LogP contribution in [0, 0.1) is 0 Å². The number of anilines is 1. The standard InChI is InChI=1S/C22H25F3N2O4S/c1-16-14-17-8-3-5-10-19(17)27(16)21(28)15-26(12-7-13-31-2)32(29,30)20-11-6-4-9-18(20)22(23,24)25/h3-6,8-11,16H,7,12-15H2,1-2H3. The largest absolute Gasteiger partial charge is 0.417 e. The summed E-state index contributed by atoms with van der Waals surface area (Å²) in [7, 11) is -3.17. The maximum Gasteiger partial charge on any atom is 0.417 e. The Balaban J connectivity index is 1.95. The van der Waals surface area contributed by atoms with Crippen molar-refractivity contribution in [2.24, 2.45) is 0 Å². The molecule has 0 bridgehead atoms. The van der Waals surface area contributed by atoms with Crippen molar-refractivity contribution in [2.45, 2.75) is 36.9 Å². The lowest BCUT2D eigenvalue weighted by Gasteiger charge is -2.28. The predicted molar refractivity (Wildman–Crippen MR) is 114 cm³/mol. The van der Waals surface area contributed by atoms with Crippen molar-refractivity contribution in [3.05, 3.63) is 59.7 Å². The second kappa shape index (κ2) is 9.60. The number of nitrogens with zero attached hydrogens (tertiary/aromatic N) is 2. The molecule has 1 aliphatic rings. The monoisotopic (exact) mass is 470 g/mol. The number of alkyl halides is 3. The first-order valence-electron chi connectivity index (χ1n) is 10.1. The van der Waals surface area contributed by atoms with Crippen LogP contribution < -0.4 is 4.90 Å². The molecule has 10 heteroatoms. The zero-order valence-electron chi connectivity index (χ0n) is 17.8. The van der Waals surface area contributed by atoms with Crippen LogP contribution in [0.15, 0.2) is 53.4 Å². The van der Waals surface area contributed by atoms with E-state index in [1.54, 1.807) is 12.1 Å². The second-order valence-corrected chi connectivity index (χ2v) is 9.53. The fourth-order valence-electron chi connectivity index (χ4n) is 3.91. The minimum Gasteiger partial charge on any atom is -0.385 e. The number of hydrogen-bond acceptors (Lipinski definition) is 4. The smallest absolute Gasteiger partial charge is 0.385 e. The van der Waals surface area contributed by atoms with Gasteiger partial charge in [-0.2, -0.15) is 17.5 Å². The number of hydrogen-bond donors (Lipinski definition) is 0. The molecule has 6 nitrogen and oxygen atoms in total. The van der Waals surface area contributed by atoms with Gasteiger partial charge in [-0.05, 0) is 43.5 Å². The van der Waals surface area contributed by atoms with Gasteiger partial charge in [0.1, 0.15) is 0 Å². The second-order valence-electron chi connectivity index (χ2n) is 7.62. The summed E-state index contributed by atoms with van der Waals surface area (Å²) in [5.74, 6) is -0.493. The van der Waals surface area contributed by atoms with Crippen LogP contribution in [-0.2, 0) is 32.2 Å². The van der Waals surface area contributed by atoms with E-state index in [4.69, 9.17) is 4.74 Å². The van der Waals surface area contributed by atoms with Crippen LogP contribution >= 0.6 is 0 Å². The van der Waals surface area contributed by atoms with Gasteiger partial charge in [-0.15, -0.1) is 0 Å². The molecule has 1 unspecified atom stereocenters. The highest BCUT2D eigenvalue weighted by molar-refractivity contribution is 7.89. The molecule has 1 heterocycles. The van der Waals surface area contributed by atoms with Gasteiger partial charge < -0.3 is 9.64 Å². The first-order valence-corrected chi connectivity index (χ1v) is 11.6. The zero-order valence-corrected chi connectivity index (χ0v) is 18.6. The summed E-state index contributed by atoms with van der Waals surface area (Å²) < 4.78 is 72.8. The third-order valence-corrected chi connectivity index (χ3v) is 7.26. The highest BCUT2D eigenvalue weighted by Gasteiger charge is 2.40. The van der Waals surface area contributed by atoms with E-state index in [9.17, 15) is 26.4 Å². The summed E-state index contributed by atoms with van der Waals surface area (Å²) in [6.07, 6.45) is -4.01. The molecular formula is C22H25F3N2O4S. The van der Waals surface area contributed by atoms with Crippen molar-refractivity contribution in [3.63, 3.8) is 0 Å². The Morgan fingerprint density at radius 3 is 2.50 bits per heavy atom. The topological polar surface area (TPSA) is 66.9 Å². The maximum atomic E-state index is 13.5. The van der Waals surface area contributed by atoms with Crippen molar-refractivity contribution >= 4 is 21.6 Å². The summed E-state index contributed by atoms with van der Waals surface area (Å²) in [4.78, 5) is 13.8. The number of carbonyl (C=O) groups excluding carboxylic acids is 1. The van der Waals surface area contributed by atoms with E-state index in [1.165, 1.54) is 18.1 Å². The van der Waals surface area contributed by atoms with Gasteiger partial charge in [0.2, 0.25) is 15.9 Å². The van der Waals surface area contributed by atoms with E-state index >= 15 is 0 Å². The molecule has 0 spiro atoms. The van der Waals surface area contributed by atoms with Crippen molar-refractivity contribution in [3.8, 4) is 0 Å². The maximum absolute atomic E-state index is 13.5. The van der Waals surface area contributed by atoms with E-state index in [-0.39, 0.29) is 25.6 Å². The van der Waals surface area contributed by atoms with Crippen molar-refractivity contribution < 1.29 is 31.1 Å². The van der Waals surface area contributed by atoms with E-state index in [2.05, 4.69) is 0 Å². The van der Waals surface area contributed by atoms with Crippen LogP contribution in [0.1, 0.15) is 24.5 Å². The normalized spacial score (nSPS) is 16.4. The summed E-state index contributed by atoms with van der Waals surface area (Å²) in [5, 5.41) is 0. The number of para-hydroxylation sites is 1. The molecule has 0 N–H and O–H groups in total. The number of sulfonamides is 1. The molecule has 2 aromatic carbocycles. The highest BCUT2D eigenvalue weighted by atomic mass is 32.2. The first kappa shape index (κ1) is 24.2. The molecule has 32 heavy (non-hydrogen) atoms. The number of rotatable bonds is 8. The number of methoxy groups -OCH3 is 1. The van der Waals surface area contributed by atoms with Gasteiger partial charge in [-0.25, -0.2) is 8.42 Å². The molecule has 0 saturated heterocycles. The van der Waals surface area contributed by atoms with Crippen LogP contribution in [-0.4, -0.2) is 51.5 Å². The molecule has 1 aliphatic heterocycles. The Kier molecular flexibility index (Phi) is 7.26. The SMILES string of the molecule is COCCCN(CC(=O)N1c2ccccc2CC1C)S(=O)(=O)c1ccccc1C(F)(F)F. The quantitative estimate of drug-likeness (QED) is 0.552. The van der Waals surface area contributed by atoms with Crippen LogP contribution in [0.2, 0.25) is 0 Å². The van der Waals surface area contributed by atoms with Crippen molar-refractivity contribution in [1.29, 1.82) is 0 Å². The van der Waals surface area contributed by atoms with Crippen LogP contribution in [0.25, 0.3) is 0 Å². The molecule has 1 atom stereocenters. The van der Waals surface area contributed by atoms with Gasteiger partial charge in [-0.1, -0.05) is 30.3 Å². The molecule has 0 radical (unpaired) electrons. The lowest BCUT2D eigenvalue weighted by atomic mass is 10.1. The van der Waals surface area contributed by atoms with Crippen LogP contribution in [0.5, 0.6) is 0 Å². The number of benzene rings is 2. The third kappa shape index (κ3) is 4.97. The molecule has 1 amide bonds. The van der Waals surface area contributed by atoms with E-state index in [0.29, 0.717) is 12.1 Å². The minimum absolute atomic E-state index is 0.155. The number of ether oxygens (including phenoxy) is 1. The van der Waals surface area contributed by atoms with Gasteiger partial charge in [0.05, 0.1) is 17.0 Å². The number of carbonyl (C=O) groups is 1. The molecule has 0 aromatic heterocycles. The number of halogens is 3. The Hall–Kier alpha value is -2.43. The summed E-state index contributed by atoms with van der Waals surface area (Å²) in [5.41, 5.74) is 0.392. The number of fused-ring (bicyclic) bond motifs is 1. The fraction of sp³-hybridized carbons (Fsp3) is 0.409. The molecular weight excluding hydrogens is 445 g/mol. The van der Waals surface area contributed by atoms with E-state index < -0.39 is 39.1 Å². The van der Waals surface area contributed by atoms with Gasteiger partial charge in [0.25, 0.3) is 0 Å². The molecule has 0 fully saturated rings. The van der Waals surface area contributed by atoms with Gasteiger partial charge in [-0.3, -0.25) is 4.79 Å². The fourth-order valence-corrected chi connectivity index (χ4v) is 5.55. The Labute approximate surface area is 185 Å². The molecule has 174 valence electrons. The van der Waals surface area contributed by atoms with Crippen LogP contribution in [0.3, 0.4) is 0 Å². The lowest BCUT2D eigenvalue weighted by molar-refractivity contribution is -0.139. The lowest BCUT2D eigenvalue weighted by Crippen LogP contribution is -2.45. The summed E-state index contributed by atoms with van der Waals surface area (Å²) in [6, 6.07) is 11.1. The van der Waals surface area contributed by atoms with Gasteiger partial charge in [0, 0.05) is 32.0 Å².